The van der Waals surface area contributed by atoms with Gasteiger partial charge in [0.15, 0.2) is 0 Å². The number of rotatable bonds is 4. The Morgan fingerprint density at radius 2 is 1.26 bits per heavy atom. The Labute approximate surface area is 122 Å². The Morgan fingerprint density at radius 1 is 0.842 bits per heavy atom. The zero-order valence-electron chi connectivity index (χ0n) is 11.4. The fraction of sp³-hybridized carbons (Fsp3) is 0.176. The van der Waals surface area contributed by atoms with Crippen LogP contribution in [0.15, 0.2) is 66.7 Å². The molecule has 2 aromatic rings. The SMILES string of the molecule is CN(C)CC=C(c1ccccc1)c1ccccc1.Cl. The Morgan fingerprint density at radius 3 is 1.63 bits per heavy atom. The van der Waals surface area contributed by atoms with Crippen LogP contribution in [0.3, 0.4) is 0 Å². The first kappa shape index (κ1) is 15.5. The first-order chi connectivity index (χ1) is 8.77. The second-order valence-electron chi connectivity index (χ2n) is 4.61. The highest BCUT2D eigenvalue weighted by Crippen LogP contribution is 2.22. The molecule has 0 aliphatic heterocycles. The molecule has 100 valence electrons. The molecule has 1 nitrogen and oxygen atoms in total. The zero-order chi connectivity index (χ0) is 12.8. The number of hydrogen-bond acceptors (Lipinski definition) is 1. The van der Waals surface area contributed by atoms with Crippen molar-refractivity contribution in [1.82, 2.24) is 4.90 Å². The van der Waals surface area contributed by atoms with E-state index >= 15 is 0 Å². The lowest BCUT2D eigenvalue weighted by atomic mass is 9.97. The third kappa shape index (κ3) is 4.55. The molecule has 2 aromatic carbocycles. The molecule has 0 unspecified atom stereocenters. The predicted molar refractivity (Wildman–Crippen MR) is 85.8 cm³/mol. The second kappa shape index (κ2) is 7.78. The summed E-state index contributed by atoms with van der Waals surface area (Å²) in [6.07, 6.45) is 2.28. The molecule has 0 fully saturated rings. The van der Waals surface area contributed by atoms with E-state index in [2.05, 4.69) is 85.7 Å². The summed E-state index contributed by atoms with van der Waals surface area (Å²) in [4.78, 5) is 2.17. The smallest absolute Gasteiger partial charge is 0.0166 e. The number of likely N-dealkylation sites (N-methyl/N-ethyl adjacent to an activating group) is 1. The molecule has 19 heavy (non-hydrogen) atoms. The number of benzene rings is 2. The Hall–Kier alpha value is -1.57. The molecule has 0 bridgehead atoms. The van der Waals surface area contributed by atoms with Crippen molar-refractivity contribution < 1.29 is 0 Å². The second-order valence-corrected chi connectivity index (χ2v) is 4.61. The van der Waals surface area contributed by atoms with E-state index in [0.29, 0.717) is 0 Å². The average molecular weight is 274 g/mol. The Balaban J connectivity index is 0.00000180. The van der Waals surface area contributed by atoms with Gasteiger partial charge in [0.05, 0.1) is 0 Å². The van der Waals surface area contributed by atoms with Crippen molar-refractivity contribution in [1.29, 1.82) is 0 Å². The highest BCUT2D eigenvalue weighted by atomic mass is 35.5. The van der Waals surface area contributed by atoms with Crippen LogP contribution in [0.5, 0.6) is 0 Å². The van der Waals surface area contributed by atoms with Crippen molar-refractivity contribution in [2.45, 2.75) is 0 Å². The zero-order valence-corrected chi connectivity index (χ0v) is 12.2. The molecule has 0 saturated heterocycles. The Kier molecular flexibility index (Phi) is 6.34. The first-order valence-electron chi connectivity index (χ1n) is 6.23. The molecule has 2 heteroatoms. The van der Waals surface area contributed by atoms with Crippen LogP contribution in [0.1, 0.15) is 11.1 Å². The third-order valence-electron chi connectivity index (χ3n) is 2.83. The van der Waals surface area contributed by atoms with E-state index in [-0.39, 0.29) is 12.4 Å². The normalized spacial score (nSPS) is 9.84. The van der Waals surface area contributed by atoms with Gasteiger partial charge in [0, 0.05) is 6.54 Å². The van der Waals surface area contributed by atoms with Gasteiger partial charge in [-0.15, -0.1) is 12.4 Å². The minimum atomic E-state index is 0. The molecule has 2 rings (SSSR count). The molecule has 0 radical (unpaired) electrons. The van der Waals surface area contributed by atoms with Crippen LogP contribution in [0.2, 0.25) is 0 Å². The lowest BCUT2D eigenvalue weighted by Gasteiger charge is -2.11. The van der Waals surface area contributed by atoms with Gasteiger partial charge in [-0.05, 0) is 30.8 Å². The highest BCUT2D eigenvalue weighted by molar-refractivity contribution is 5.85. The van der Waals surface area contributed by atoms with Crippen molar-refractivity contribution in [3.8, 4) is 0 Å². The lowest BCUT2D eigenvalue weighted by Crippen LogP contribution is -2.11. The molecule has 0 amide bonds. The van der Waals surface area contributed by atoms with Gasteiger partial charge in [-0.25, -0.2) is 0 Å². The van der Waals surface area contributed by atoms with Crippen molar-refractivity contribution in [3.63, 3.8) is 0 Å². The van der Waals surface area contributed by atoms with Crippen molar-refractivity contribution >= 4 is 18.0 Å². The van der Waals surface area contributed by atoms with E-state index in [9.17, 15) is 0 Å². The van der Waals surface area contributed by atoms with Crippen molar-refractivity contribution in [2.24, 2.45) is 0 Å². The molecule has 0 saturated carbocycles. The third-order valence-corrected chi connectivity index (χ3v) is 2.83. The van der Waals surface area contributed by atoms with E-state index in [0.717, 1.165) is 6.54 Å². The summed E-state index contributed by atoms with van der Waals surface area (Å²) in [5.74, 6) is 0. The minimum Gasteiger partial charge on any atom is -0.306 e. The molecular weight excluding hydrogens is 254 g/mol. The number of hydrogen-bond donors (Lipinski definition) is 0. The minimum absolute atomic E-state index is 0. The van der Waals surface area contributed by atoms with Crippen molar-refractivity contribution in [2.75, 3.05) is 20.6 Å². The quantitative estimate of drug-likeness (QED) is 0.811. The fourth-order valence-electron chi connectivity index (χ4n) is 1.91. The Bertz CT molecular complexity index is 462. The molecule has 0 N–H and O–H groups in total. The summed E-state index contributed by atoms with van der Waals surface area (Å²) in [6.45, 7) is 0.944. The molecule has 0 aromatic heterocycles. The van der Waals surface area contributed by atoms with Crippen LogP contribution < -0.4 is 0 Å². The molecule has 0 aliphatic carbocycles. The summed E-state index contributed by atoms with van der Waals surface area (Å²) in [7, 11) is 4.17. The maximum Gasteiger partial charge on any atom is 0.0166 e. The standard InChI is InChI=1S/C17H19N.ClH/c1-18(2)14-13-17(15-9-5-3-6-10-15)16-11-7-4-8-12-16;/h3-13H,14H2,1-2H3;1H. The van der Waals surface area contributed by atoms with Crippen LogP contribution in [0.4, 0.5) is 0 Å². The largest absolute Gasteiger partial charge is 0.306 e. The molecule has 0 atom stereocenters. The number of halogens is 1. The van der Waals surface area contributed by atoms with Gasteiger partial charge in [0.2, 0.25) is 0 Å². The van der Waals surface area contributed by atoms with E-state index in [1.807, 2.05) is 0 Å². The van der Waals surface area contributed by atoms with Gasteiger partial charge in [-0.3, -0.25) is 0 Å². The molecule has 0 heterocycles. The van der Waals surface area contributed by atoms with Gasteiger partial charge in [0.25, 0.3) is 0 Å². The van der Waals surface area contributed by atoms with Gasteiger partial charge >= 0.3 is 0 Å². The molecular formula is C17H20ClN. The summed E-state index contributed by atoms with van der Waals surface area (Å²) in [6, 6.07) is 21.1. The van der Waals surface area contributed by atoms with Crippen LogP contribution in [-0.4, -0.2) is 25.5 Å². The summed E-state index contributed by atoms with van der Waals surface area (Å²) >= 11 is 0. The predicted octanol–water partition coefficient (Wildman–Crippen LogP) is 4.10. The van der Waals surface area contributed by atoms with Crippen LogP contribution >= 0.6 is 12.4 Å². The molecule has 0 spiro atoms. The van der Waals surface area contributed by atoms with E-state index in [4.69, 9.17) is 0 Å². The van der Waals surface area contributed by atoms with E-state index in [1.54, 1.807) is 0 Å². The van der Waals surface area contributed by atoms with Gasteiger partial charge in [0.1, 0.15) is 0 Å². The van der Waals surface area contributed by atoms with E-state index in [1.165, 1.54) is 16.7 Å². The summed E-state index contributed by atoms with van der Waals surface area (Å²) in [5.41, 5.74) is 3.83. The van der Waals surface area contributed by atoms with Crippen molar-refractivity contribution in [3.05, 3.63) is 77.9 Å². The monoisotopic (exact) mass is 273 g/mol. The van der Waals surface area contributed by atoms with Gasteiger partial charge < -0.3 is 4.90 Å². The maximum atomic E-state index is 2.28. The number of nitrogens with zero attached hydrogens (tertiary/aromatic N) is 1. The topological polar surface area (TPSA) is 3.24 Å². The van der Waals surface area contributed by atoms with Crippen LogP contribution in [0, 0.1) is 0 Å². The highest BCUT2D eigenvalue weighted by Gasteiger charge is 2.03. The summed E-state index contributed by atoms with van der Waals surface area (Å²) in [5, 5.41) is 0. The average Bonchev–Trinajstić information content (AvgIpc) is 2.41. The van der Waals surface area contributed by atoms with Gasteiger partial charge in [-0.2, -0.15) is 0 Å². The fourth-order valence-corrected chi connectivity index (χ4v) is 1.91. The van der Waals surface area contributed by atoms with E-state index < -0.39 is 0 Å². The van der Waals surface area contributed by atoms with Crippen LogP contribution in [0.25, 0.3) is 5.57 Å². The maximum absolute atomic E-state index is 2.28. The van der Waals surface area contributed by atoms with Gasteiger partial charge in [-0.1, -0.05) is 66.7 Å². The lowest BCUT2D eigenvalue weighted by molar-refractivity contribution is 0.457. The first-order valence-corrected chi connectivity index (χ1v) is 6.23. The van der Waals surface area contributed by atoms with Crippen LogP contribution in [-0.2, 0) is 0 Å². The summed E-state index contributed by atoms with van der Waals surface area (Å²) < 4.78 is 0. The molecule has 0 aliphatic rings.